The molecule has 2 heterocycles. The predicted octanol–water partition coefficient (Wildman–Crippen LogP) is 5.43. The van der Waals surface area contributed by atoms with Crippen LogP contribution < -0.4 is 10.2 Å². The van der Waals surface area contributed by atoms with E-state index in [-0.39, 0.29) is 17.4 Å². The van der Waals surface area contributed by atoms with Crippen molar-refractivity contribution in [3.05, 3.63) is 47.5 Å². The van der Waals surface area contributed by atoms with Crippen LogP contribution in [0.3, 0.4) is 0 Å². The van der Waals surface area contributed by atoms with E-state index in [1.165, 1.54) is 42.4 Å². The largest absolute Gasteiger partial charge is 0.396 e. The molecule has 2 N–H and O–H groups in total. The Morgan fingerprint density at radius 3 is 2.59 bits per heavy atom. The summed E-state index contributed by atoms with van der Waals surface area (Å²) in [5.41, 5.74) is 5.74. The Morgan fingerprint density at radius 1 is 1.03 bits per heavy atom. The molecule has 174 valence electrons. The van der Waals surface area contributed by atoms with Crippen molar-refractivity contribution in [1.29, 1.82) is 0 Å². The van der Waals surface area contributed by atoms with E-state index in [4.69, 9.17) is 10.1 Å². The maximum absolute atomic E-state index is 8.99. The van der Waals surface area contributed by atoms with Crippen LogP contribution in [0.4, 0.5) is 5.82 Å². The smallest absolute Gasteiger partial charge is 0.129 e. The number of rotatable bonds is 7. The average Bonchev–Trinajstić information content (AvgIpc) is 2.80. The Hall–Kier alpha value is -1.91. The number of hydrogen-bond donors (Lipinski definition) is 2. The fourth-order valence-corrected chi connectivity index (χ4v) is 5.40. The van der Waals surface area contributed by atoms with Crippen molar-refractivity contribution < 1.29 is 5.11 Å². The maximum atomic E-state index is 8.99. The van der Waals surface area contributed by atoms with Crippen molar-refractivity contribution >= 4 is 5.82 Å². The molecule has 1 atom stereocenters. The number of aromatic nitrogens is 1. The maximum Gasteiger partial charge on any atom is 0.129 e. The average molecular weight is 436 g/mol. The van der Waals surface area contributed by atoms with Crippen LogP contribution in [0.15, 0.2) is 36.4 Å². The number of aliphatic hydroxyl groups is 1. The fraction of sp³-hybridized carbons (Fsp3) is 0.607. The molecule has 0 bridgehead atoms. The van der Waals surface area contributed by atoms with Crippen molar-refractivity contribution in [1.82, 2.24) is 10.3 Å². The zero-order chi connectivity index (χ0) is 22.8. The highest BCUT2D eigenvalue weighted by molar-refractivity contribution is 5.65. The fourth-order valence-electron chi connectivity index (χ4n) is 5.40. The highest BCUT2D eigenvalue weighted by Crippen LogP contribution is 2.46. The third-order valence-electron chi connectivity index (χ3n) is 7.65. The lowest BCUT2D eigenvalue weighted by Crippen LogP contribution is -2.46. The van der Waals surface area contributed by atoms with Crippen LogP contribution >= 0.6 is 0 Å². The monoisotopic (exact) mass is 435 g/mol. The van der Waals surface area contributed by atoms with Gasteiger partial charge in [0.2, 0.25) is 0 Å². The summed E-state index contributed by atoms with van der Waals surface area (Å²) in [4.78, 5) is 7.54. The van der Waals surface area contributed by atoms with E-state index in [9.17, 15) is 0 Å². The molecule has 1 saturated heterocycles. The zero-order valence-corrected chi connectivity index (χ0v) is 20.5. The molecule has 1 aromatic carbocycles. The number of anilines is 1. The van der Waals surface area contributed by atoms with Crippen LogP contribution in [0.2, 0.25) is 0 Å². The van der Waals surface area contributed by atoms with Gasteiger partial charge in [0.25, 0.3) is 0 Å². The molecular weight excluding hydrogens is 394 g/mol. The Labute approximate surface area is 194 Å². The lowest BCUT2D eigenvalue weighted by molar-refractivity contribution is 0.281. The van der Waals surface area contributed by atoms with E-state index in [1.54, 1.807) is 0 Å². The van der Waals surface area contributed by atoms with E-state index in [2.05, 4.69) is 74.3 Å². The second-order valence-electron chi connectivity index (χ2n) is 11.1. The molecular formula is C28H41N3O. The van der Waals surface area contributed by atoms with Crippen molar-refractivity contribution in [2.75, 3.05) is 31.1 Å². The summed E-state index contributed by atoms with van der Waals surface area (Å²) < 4.78 is 0. The molecule has 2 aromatic rings. The topological polar surface area (TPSA) is 48.4 Å². The molecule has 4 nitrogen and oxygen atoms in total. The van der Waals surface area contributed by atoms with Gasteiger partial charge < -0.3 is 15.3 Å². The van der Waals surface area contributed by atoms with Gasteiger partial charge in [-0.1, -0.05) is 45.9 Å². The van der Waals surface area contributed by atoms with Crippen molar-refractivity contribution in [3.8, 4) is 11.3 Å². The summed E-state index contributed by atoms with van der Waals surface area (Å²) in [7, 11) is 0. The zero-order valence-electron chi connectivity index (χ0n) is 20.5. The number of pyridine rings is 1. The molecule has 0 amide bonds. The Balaban J connectivity index is 1.53. The van der Waals surface area contributed by atoms with E-state index < -0.39 is 0 Å². The van der Waals surface area contributed by atoms with Crippen LogP contribution in [0, 0.1) is 0 Å². The third-order valence-corrected chi connectivity index (χ3v) is 7.65. The third kappa shape index (κ3) is 5.02. The van der Waals surface area contributed by atoms with Crippen molar-refractivity contribution in [3.63, 3.8) is 0 Å². The summed E-state index contributed by atoms with van der Waals surface area (Å²) in [6, 6.07) is 14.0. The Kier molecular flexibility index (Phi) is 6.92. The lowest BCUT2D eigenvalue weighted by Gasteiger charge is -2.42. The summed E-state index contributed by atoms with van der Waals surface area (Å²) in [6.45, 7) is 12.9. The van der Waals surface area contributed by atoms with E-state index in [1.807, 2.05) is 0 Å². The molecule has 4 rings (SSSR count). The molecule has 0 radical (unpaired) electrons. The molecule has 1 aromatic heterocycles. The van der Waals surface area contributed by atoms with Gasteiger partial charge in [0.1, 0.15) is 5.82 Å². The van der Waals surface area contributed by atoms with E-state index in [0.29, 0.717) is 6.04 Å². The number of hydrogen-bond acceptors (Lipinski definition) is 4. The van der Waals surface area contributed by atoms with Gasteiger partial charge >= 0.3 is 0 Å². The minimum Gasteiger partial charge on any atom is -0.396 e. The first-order chi connectivity index (χ1) is 15.3. The van der Waals surface area contributed by atoms with Gasteiger partial charge in [0, 0.05) is 31.3 Å². The summed E-state index contributed by atoms with van der Waals surface area (Å²) in [6.07, 6.45) is 6.78. The summed E-state index contributed by atoms with van der Waals surface area (Å²) >= 11 is 0. The molecule has 2 aliphatic rings. The highest BCUT2D eigenvalue weighted by Gasteiger charge is 2.37. The van der Waals surface area contributed by atoms with Gasteiger partial charge in [-0.05, 0) is 85.2 Å². The molecule has 0 spiro atoms. The second-order valence-corrected chi connectivity index (χ2v) is 11.1. The van der Waals surface area contributed by atoms with Crippen LogP contribution in [-0.4, -0.2) is 42.4 Å². The molecule has 1 unspecified atom stereocenters. The van der Waals surface area contributed by atoms with Crippen LogP contribution in [0.1, 0.15) is 77.3 Å². The van der Waals surface area contributed by atoms with Gasteiger partial charge in [0.15, 0.2) is 0 Å². The minimum atomic E-state index is 0.209. The standard InChI is InChI=1S/C28H41N3O/c1-27(2)14-15-28(3,4)24-19-21(12-13-23(24)27)25-10-7-11-26(30-25)31-17-8-9-22(20-31)29-16-5-6-18-32/h7,10-13,19,22,29,32H,5-6,8-9,14-18,20H2,1-4H3. The molecule has 0 saturated carbocycles. The summed E-state index contributed by atoms with van der Waals surface area (Å²) in [5, 5.41) is 12.7. The number of nitrogens with zero attached hydrogens (tertiary/aromatic N) is 2. The number of nitrogens with one attached hydrogen (secondary N) is 1. The Morgan fingerprint density at radius 2 is 1.81 bits per heavy atom. The molecule has 1 fully saturated rings. The number of fused-ring (bicyclic) bond motifs is 1. The number of unbranched alkanes of at least 4 members (excludes halogenated alkanes) is 1. The molecule has 1 aliphatic heterocycles. The second kappa shape index (κ2) is 9.52. The normalized spacial score (nSPS) is 21.9. The quantitative estimate of drug-likeness (QED) is 0.570. The van der Waals surface area contributed by atoms with Gasteiger partial charge in [0.05, 0.1) is 5.69 Å². The SMILES string of the molecule is CC1(C)CCC(C)(C)c2cc(-c3cccc(N4CCCC(NCCCCO)C4)n3)ccc21. The van der Waals surface area contributed by atoms with E-state index >= 15 is 0 Å². The number of piperidine rings is 1. The van der Waals surface area contributed by atoms with Gasteiger partial charge in [-0.2, -0.15) is 0 Å². The molecule has 4 heteroatoms. The van der Waals surface area contributed by atoms with E-state index in [0.717, 1.165) is 44.0 Å². The van der Waals surface area contributed by atoms with Gasteiger partial charge in [-0.15, -0.1) is 0 Å². The first-order valence-corrected chi connectivity index (χ1v) is 12.5. The van der Waals surface area contributed by atoms with Gasteiger partial charge in [-0.3, -0.25) is 0 Å². The lowest BCUT2D eigenvalue weighted by atomic mass is 9.63. The first-order valence-electron chi connectivity index (χ1n) is 12.5. The number of aliphatic hydroxyl groups excluding tert-OH is 1. The Bertz CT molecular complexity index is 921. The molecule has 1 aliphatic carbocycles. The van der Waals surface area contributed by atoms with Gasteiger partial charge in [-0.25, -0.2) is 4.98 Å². The highest BCUT2D eigenvalue weighted by atomic mass is 16.2. The van der Waals surface area contributed by atoms with Crippen molar-refractivity contribution in [2.24, 2.45) is 0 Å². The number of benzene rings is 1. The predicted molar refractivity (Wildman–Crippen MR) is 135 cm³/mol. The van der Waals surface area contributed by atoms with Crippen LogP contribution in [-0.2, 0) is 10.8 Å². The van der Waals surface area contributed by atoms with Crippen LogP contribution in [0.25, 0.3) is 11.3 Å². The van der Waals surface area contributed by atoms with Crippen molar-refractivity contribution in [2.45, 2.75) is 83.1 Å². The van der Waals surface area contributed by atoms with Crippen LogP contribution in [0.5, 0.6) is 0 Å². The minimum absolute atomic E-state index is 0.209. The molecule has 32 heavy (non-hydrogen) atoms. The first kappa shape index (κ1) is 23.3. The summed E-state index contributed by atoms with van der Waals surface area (Å²) in [5.74, 6) is 1.08.